The second kappa shape index (κ2) is 10.1. The van der Waals surface area contributed by atoms with Gasteiger partial charge in [-0.1, -0.05) is 25.1 Å². The van der Waals surface area contributed by atoms with Crippen molar-refractivity contribution in [1.82, 2.24) is 10.3 Å². The fourth-order valence-electron chi connectivity index (χ4n) is 3.21. The number of hydrogen-bond acceptors (Lipinski definition) is 6. The third-order valence-electron chi connectivity index (χ3n) is 4.78. The highest BCUT2D eigenvalue weighted by Crippen LogP contribution is 2.31. The number of para-hydroxylation sites is 2. The Labute approximate surface area is 196 Å². The summed E-state index contributed by atoms with van der Waals surface area (Å²) in [7, 11) is 1.56. The van der Waals surface area contributed by atoms with E-state index in [1.165, 1.54) is 0 Å². The number of ether oxygens (including phenoxy) is 2. The van der Waals surface area contributed by atoms with Gasteiger partial charge in [0.1, 0.15) is 17.0 Å². The third kappa shape index (κ3) is 5.30. The van der Waals surface area contributed by atoms with Crippen molar-refractivity contribution in [2.45, 2.75) is 13.3 Å². The second-order valence-corrected chi connectivity index (χ2v) is 7.59. The SMILES string of the molecule is CCCOc1cccc(C(=O)NC(=S)Nc2cc(-c3nc4ccccc4o3)ccc2OC)c1. The number of hydrogen-bond donors (Lipinski definition) is 2. The Balaban J connectivity index is 1.50. The molecule has 4 rings (SSSR count). The van der Waals surface area contributed by atoms with Gasteiger partial charge in [0.05, 0.1) is 19.4 Å². The summed E-state index contributed by atoms with van der Waals surface area (Å²) in [6.07, 6.45) is 0.884. The molecule has 0 aliphatic heterocycles. The molecule has 0 bridgehead atoms. The lowest BCUT2D eigenvalue weighted by Gasteiger charge is -2.14. The molecule has 1 amide bonds. The highest BCUT2D eigenvalue weighted by molar-refractivity contribution is 7.80. The van der Waals surface area contributed by atoms with Crippen LogP contribution in [0, 0.1) is 0 Å². The van der Waals surface area contributed by atoms with Gasteiger partial charge in [0.15, 0.2) is 10.7 Å². The number of thiocarbonyl (C=S) groups is 1. The molecule has 1 heterocycles. The number of oxazole rings is 1. The second-order valence-electron chi connectivity index (χ2n) is 7.19. The van der Waals surface area contributed by atoms with E-state index in [2.05, 4.69) is 15.6 Å². The van der Waals surface area contributed by atoms with Gasteiger partial charge in [-0.15, -0.1) is 0 Å². The normalized spacial score (nSPS) is 10.6. The zero-order chi connectivity index (χ0) is 23.2. The van der Waals surface area contributed by atoms with E-state index < -0.39 is 0 Å². The van der Waals surface area contributed by atoms with E-state index in [-0.39, 0.29) is 11.0 Å². The Morgan fingerprint density at radius 3 is 2.73 bits per heavy atom. The number of carbonyl (C=O) groups excluding carboxylic acids is 1. The molecule has 0 fully saturated rings. The number of nitrogens with one attached hydrogen (secondary N) is 2. The minimum atomic E-state index is -0.344. The number of rotatable bonds is 7. The van der Waals surface area contributed by atoms with Gasteiger partial charge >= 0.3 is 0 Å². The van der Waals surface area contributed by atoms with Crippen LogP contribution >= 0.6 is 12.2 Å². The minimum Gasteiger partial charge on any atom is -0.495 e. The van der Waals surface area contributed by atoms with Crippen molar-refractivity contribution in [2.75, 3.05) is 19.0 Å². The van der Waals surface area contributed by atoms with Crippen molar-refractivity contribution in [1.29, 1.82) is 0 Å². The van der Waals surface area contributed by atoms with E-state index in [1.54, 1.807) is 37.4 Å². The fourth-order valence-corrected chi connectivity index (χ4v) is 3.41. The third-order valence-corrected chi connectivity index (χ3v) is 4.99. The Hall–Kier alpha value is -3.91. The van der Waals surface area contributed by atoms with Crippen LogP contribution in [0.2, 0.25) is 0 Å². The zero-order valence-electron chi connectivity index (χ0n) is 18.3. The Morgan fingerprint density at radius 2 is 1.94 bits per heavy atom. The maximum atomic E-state index is 12.7. The predicted octanol–water partition coefficient (Wildman–Crippen LogP) is 5.42. The van der Waals surface area contributed by atoms with Gasteiger partial charge in [-0.05, 0) is 67.2 Å². The summed E-state index contributed by atoms with van der Waals surface area (Å²) in [5.41, 5.74) is 3.23. The lowest BCUT2D eigenvalue weighted by Crippen LogP contribution is -2.34. The topological polar surface area (TPSA) is 85.6 Å². The molecule has 0 atom stereocenters. The van der Waals surface area contributed by atoms with Crippen molar-refractivity contribution < 1.29 is 18.7 Å². The standard InChI is InChI=1S/C25H23N3O4S/c1-3-13-31-18-8-6-7-16(14-18)23(29)28-25(33)27-20-15-17(11-12-21(20)30-2)24-26-19-9-4-5-10-22(19)32-24/h4-12,14-15H,3,13H2,1-2H3,(H2,27,28,29,33). The maximum Gasteiger partial charge on any atom is 0.257 e. The number of amides is 1. The molecule has 2 N–H and O–H groups in total. The molecule has 4 aromatic rings. The molecule has 33 heavy (non-hydrogen) atoms. The molecule has 0 saturated heterocycles. The summed E-state index contributed by atoms with van der Waals surface area (Å²) in [4.78, 5) is 17.2. The molecule has 0 aliphatic rings. The first-order chi connectivity index (χ1) is 16.1. The molecular formula is C25H23N3O4S. The van der Waals surface area contributed by atoms with Crippen molar-refractivity contribution >= 4 is 40.0 Å². The van der Waals surface area contributed by atoms with Gasteiger partial charge in [0.2, 0.25) is 5.89 Å². The zero-order valence-corrected chi connectivity index (χ0v) is 19.1. The smallest absolute Gasteiger partial charge is 0.257 e. The number of fused-ring (bicyclic) bond motifs is 1. The van der Waals surface area contributed by atoms with E-state index in [1.807, 2.05) is 43.3 Å². The van der Waals surface area contributed by atoms with Crippen LogP contribution in [0.1, 0.15) is 23.7 Å². The predicted molar refractivity (Wildman–Crippen MR) is 132 cm³/mol. The van der Waals surface area contributed by atoms with Gasteiger partial charge in [0, 0.05) is 11.1 Å². The Bertz CT molecular complexity index is 1270. The first-order valence-electron chi connectivity index (χ1n) is 10.5. The number of aromatic nitrogens is 1. The Kier molecular flexibility index (Phi) is 6.85. The van der Waals surface area contributed by atoms with Crippen molar-refractivity contribution in [3.05, 3.63) is 72.3 Å². The fraction of sp³-hybridized carbons (Fsp3) is 0.160. The number of methoxy groups -OCH3 is 1. The maximum absolute atomic E-state index is 12.7. The van der Waals surface area contributed by atoms with Crippen molar-refractivity contribution in [3.63, 3.8) is 0 Å². The van der Waals surface area contributed by atoms with Crippen LogP contribution < -0.4 is 20.1 Å². The quantitative estimate of drug-likeness (QED) is 0.356. The summed E-state index contributed by atoms with van der Waals surface area (Å²) < 4.78 is 16.9. The van der Waals surface area contributed by atoms with Gasteiger partial charge in [-0.3, -0.25) is 10.1 Å². The van der Waals surface area contributed by atoms with E-state index in [9.17, 15) is 4.79 Å². The lowest BCUT2D eigenvalue weighted by molar-refractivity contribution is 0.0977. The highest BCUT2D eigenvalue weighted by atomic mass is 32.1. The van der Waals surface area contributed by atoms with Crippen molar-refractivity contribution in [2.24, 2.45) is 0 Å². The van der Waals surface area contributed by atoms with Crippen LogP contribution in [0.5, 0.6) is 11.5 Å². The highest BCUT2D eigenvalue weighted by Gasteiger charge is 2.14. The van der Waals surface area contributed by atoms with Crippen LogP contribution in [0.25, 0.3) is 22.6 Å². The summed E-state index contributed by atoms with van der Waals surface area (Å²) in [5, 5.41) is 5.85. The summed E-state index contributed by atoms with van der Waals surface area (Å²) >= 11 is 5.37. The first-order valence-corrected chi connectivity index (χ1v) is 10.9. The largest absolute Gasteiger partial charge is 0.495 e. The van der Waals surface area contributed by atoms with Crippen molar-refractivity contribution in [3.8, 4) is 23.0 Å². The molecule has 3 aromatic carbocycles. The monoisotopic (exact) mass is 461 g/mol. The molecule has 7 nitrogen and oxygen atoms in total. The average Bonchev–Trinajstić information content (AvgIpc) is 3.27. The van der Waals surface area contributed by atoms with Gasteiger partial charge in [0.25, 0.3) is 5.91 Å². The van der Waals surface area contributed by atoms with Crippen LogP contribution in [-0.2, 0) is 0 Å². The summed E-state index contributed by atoms with van der Waals surface area (Å²) in [5.74, 6) is 1.32. The lowest BCUT2D eigenvalue weighted by atomic mass is 10.2. The van der Waals surface area contributed by atoms with E-state index in [4.69, 9.17) is 26.1 Å². The number of carbonyl (C=O) groups is 1. The van der Waals surface area contributed by atoms with E-state index in [0.717, 1.165) is 17.5 Å². The summed E-state index contributed by atoms with van der Waals surface area (Å²) in [6.45, 7) is 2.61. The van der Waals surface area contributed by atoms with E-state index >= 15 is 0 Å². The molecule has 0 saturated carbocycles. The summed E-state index contributed by atoms with van der Waals surface area (Å²) in [6, 6.07) is 19.9. The minimum absolute atomic E-state index is 0.132. The molecular weight excluding hydrogens is 438 g/mol. The molecule has 168 valence electrons. The number of nitrogens with zero attached hydrogens (tertiary/aromatic N) is 1. The average molecular weight is 462 g/mol. The molecule has 0 unspecified atom stereocenters. The molecule has 0 radical (unpaired) electrons. The molecule has 0 spiro atoms. The first kappa shape index (κ1) is 22.3. The van der Waals surface area contributed by atoms with Gasteiger partial charge in [-0.25, -0.2) is 4.98 Å². The molecule has 1 aromatic heterocycles. The van der Waals surface area contributed by atoms with Gasteiger partial charge in [-0.2, -0.15) is 0 Å². The van der Waals surface area contributed by atoms with Crippen LogP contribution in [-0.4, -0.2) is 29.7 Å². The number of benzene rings is 3. The molecule has 0 aliphatic carbocycles. The van der Waals surface area contributed by atoms with Crippen LogP contribution in [0.3, 0.4) is 0 Å². The number of anilines is 1. The van der Waals surface area contributed by atoms with Crippen LogP contribution in [0.4, 0.5) is 5.69 Å². The molecule has 8 heteroatoms. The van der Waals surface area contributed by atoms with E-state index in [0.29, 0.717) is 40.8 Å². The van der Waals surface area contributed by atoms with Crippen LogP contribution in [0.15, 0.2) is 71.1 Å². The van der Waals surface area contributed by atoms with Gasteiger partial charge < -0.3 is 19.2 Å². The Morgan fingerprint density at radius 1 is 1.09 bits per heavy atom.